The topological polar surface area (TPSA) is 76.8 Å². The van der Waals surface area contributed by atoms with Gasteiger partial charge < -0.3 is 4.74 Å². The monoisotopic (exact) mass is 470 g/mol. The molecule has 0 amide bonds. The summed E-state index contributed by atoms with van der Waals surface area (Å²) in [5.41, 5.74) is 3.50. The Morgan fingerprint density at radius 1 is 1.24 bits per heavy atom. The van der Waals surface area contributed by atoms with Crippen molar-refractivity contribution in [3.05, 3.63) is 64.1 Å². The zero-order valence-electron chi connectivity index (χ0n) is 18.6. The average Bonchev–Trinajstić information content (AvgIpc) is 3.24. The number of hydrogen-bond acceptors (Lipinski definition) is 5. The average molecular weight is 471 g/mol. The lowest BCUT2D eigenvalue weighted by atomic mass is 9.69. The van der Waals surface area contributed by atoms with E-state index in [1.807, 2.05) is 17.8 Å². The van der Waals surface area contributed by atoms with Gasteiger partial charge in [-0.1, -0.05) is 11.6 Å². The van der Waals surface area contributed by atoms with Gasteiger partial charge in [-0.25, -0.2) is 17.5 Å². The van der Waals surface area contributed by atoms with Gasteiger partial charge in [0.1, 0.15) is 5.82 Å². The number of aromatic nitrogens is 2. The molecule has 1 aliphatic carbocycles. The summed E-state index contributed by atoms with van der Waals surface area (Å²) >= 11 is 0. The van der Waals surface area contributed by atoms with E-state index in [2.05, 4.69) is 16.2 Å². The number of fused-ring (bicyclic) bond motifs is 2. The van der Waals surface area contributed by atoms with Crippen LogP contribution in [0.4, 0.5) is 4.39 Å². The molecule has 3 aliphatic rings. The third-order valence-electron chi connectivity index (χ3n) is 6.63. The molecular weight excluding hydrogens is 443 g/mol. The summed E-state index contributed by atoms with van der Waals surface area (Å²) < 4.78 is 49.4. The molecule has 0 spiro atoms. The molecule has 1 atom stereocenters. The van der Waals surface area contributed by atoms with E-state index in [1.54, 1.807) is 22.5 Å². The molecule has 0 radical (unpaired) electrons. The molecule has 0 bridgehead atoms. The number of rotatable bonds is 6. The maximum Gasteiger partial charge on any atom is 0.244 e. The first kappa shape index (κ1) is 22.2. The van der Waals surface area contributed by atoms with Crippen LogP contribution in [0.5, 0.6) is 0 Å². The third-order valence-corrected chi connectivity index (χ3v) is 8.49. The first-order chi connectivity index (χ1) is 15.9. The molecule has 2 aliphatic heterocycles. The molecular formula is C24H27FN4O3S. The van der Waals surface area contributed by atoms with E-state index in [4.69, 9.17) is 4.74 Å². The number of ether oxygens (including phenoxy) is 1. The molecule has 1 aromatic heterocycles. The van der Waals surface area contributed by atoms with Crippen molar-refractivity contribution in [1.29, 1.82) is 0 Å². The van der Waals surface area contributed by atoms with Gasteiger partial charge in [-0.3, -0.25) is 4.99 Å². The molecule has 1 saturated heterocycles. The van der Waals surface area contributed by atoms with Crippen LogP contribution >= 0.6 is 0 Å². The number of dihydropyridines is 1. The zero-order valence-corrected chi connectivity index (χ0v) is 19.4. The second-order valence-corrected chi connectivity index (χ2v) is 10.7. The number of hydrogen-bond donors (Lipinski definition) is 0. The summed E-state index contributed by atoms with van der Waals surface area (Å²) in [7, 11) is -3.61. The second-order valence-electron chi connectivity index (χ2n) is 8.73. The Hall–Kier alpha value is -2.62. The van der Waals surface area contributed by atoms with Crippen molar-refractivity contribution in [3.63, 3.8) is 0 Å². The van der Waals surface area contributed by atoms with Gasteiger partial charge >= 0.3 is 0 Å². The minimum Gasteiger partial charge on any atom is -0.381 e. The maximum absolute atomic E-state index is 13.4. The number of halogens is 1. The second kappa shape index (κ2) is 8.62. The predicted molar refractivity (Wildman–Crippen MR) is 125 cm³/mol. The highest BCUT2D eigenvalue weighted by atomic mass is 32.2. The van der Waals surface area contributed by atoms with E-state index in [0.29, 0.717) is 52.1 Å². The molecule has 1 unspecified atom stereocenters. The van der Waals surface area contributed by atoms with Gasteiger partial charge in [-0.05, 0) is 62.1 Å². The van der Waals surface area contributed by atoms with Crippen molar-refractivity contribution in [1.82, 2.24) is 14.1 Å². The van der Waals surface area contributed by atoms with Gasteiger partial charge in [0, 0.05) is 37.9 Å². The summed E-state index contributed by atoms with van der Waals surface area (Å²) in [6.07, 6.45) is 9.07. The van der Waals surface area contributed by atoms with E-state index in [0.717, 1.165) is 16.9 Å². The standard InChI is InChI=1S/C24H27FN4O3S/c1-2-32-17-24-13-18-14-27-29(21-7-5-20(25)6-8-21)23(18)12-19(24)9-11-28(16-24)33(30,31)22-4-3-10-26-15-22/h4-8,12,14-15H,2-3,9-11,13,16-17H2,1H3. The minimum atomic E-state index is -3.61. The molecule has 174 valence electrons. The molecule has 7 nitrogen and oxygen atoms in total. The minimum absolute atomic E-state index is 0.286. The van der Waals surface area contributed by atoms with Crippen LogP contribution < -0.4 is 0 Å². The van der Waals surface area contributed by atoms with Gasteiger partial charge in [0.2, 0.25) is 10.0 Å². The Morgan fingerprint density at radius 2 is 2.06 bits per heavy atom. The quantitative estimate of drug-likeness (QED) is 0.649. The summed E-state index contributed by atoms with van der Waals surface area (Å²) in [6, 6.07) is 6.26. The van der Waals surface area contributed by atoms with Crippen LogP contribution in [-0.2, 0) is 21.2 Å². The van der Waals surface area contributed by atoms with Crippen LogP contribution in [0.2, 0.25) is 0 Å². The molecule has 2 aromatic rings. The van der Waals surface area contributed by atoms with Crippen LogP contribution in [-0.4, -0.2) is 61.6 Å². The van der Waals surface area contributed by atoms with Crippen molar-refractivity contribution in [2.45, 2.75) is 26.2 Å². The summed E-state index contributed by atoms with van der Waals surface area (Å²) in [4.78, 5) is 4.45. The van der Waals surface area contributed by atoms with Gasteiger partial charge in [0.25, 0.3) is 0 Å². The first-order valence-electron chi connectivity index (χ1n) is 11.2. The van der Waals surface area contributed by atoms with Crippen LogP contribution in [0, 0.1) is 11.2 Å². The maximum atomic E-state index is 13.4. The Labute approximate surface area is 193 Å². The lowest BCUT2D eigenvalue weighted by molar-refractivity contribution is 0.0479. The fraction of sp³-hybridized carbons (Fsp3) is 0.417. The molecule has 3 heterocycles. The Bertz CT molecular complexity index is 1250. The molecule has 1 fully saturated rings. The van der Waals surface area contributed by atoms with Gasteiger partial charge in [-0.15, -0.1) is 0 Å². The fourth-order valence-electron chi connectivity index (χ4n) is 4.92. The molecule has 5 rings (SSSR count). The van der Waals surface area contributed by atoms with Gasteiger partial charge in [0.15, 0.2) is 0 Å². The van der Waals surface area contributed by atoms with Crippen molar-refractivity contribution < 1.29 is 17.5 Å². The van der Waals surface area contributed by atoms with E-state index < -0.39 is 15.4 Å². The van der Waals surface area contributed by atoms with Crippen LogP contribution in [0.15, 0.2) is 52.0 Å². The third kappa shape index (κ3) is 3.98. The highest BCUT2D eigenvalue weighted by molar-refractivity contribution is 7.93. The molecule has 9 heteroatoms. The van der Waals surface area contributed by atoms with E-state index in [9.17, 15) is 12.8 Å². The van der Waals surface area contributed by atoms with Crippen molar-refractivity contribution in [2.75, 3.05) is 32.8 Å². The lowest BCUT2D eigenvalue weighted by Crippen LogP contribution is -2.51. The normalized spacial score (nSPS) is 23.0. The SMILES string of the molecule is CCOCC12Cc3cnn(-c4ccc(F)cc4)c3C=C1CCN(S(=O)(=O)C1=CCCN=C1)C2. The Morgan fingerprint density at radius 3 is 2.79 bits per heavy atom. The largest absolute Gasteiger partial charge is 0.381 e. The zero-order chi connectivity index (χ0) is 23.1. The summed E-state index contributed by atoms with van der Waals surface area (Å²) in [6.45, 7) is 4.33. The number of sulfonamides is 1. The molecule has 0 N–H and O–H groups in total. The first-order valence-corrected chi connectivity index (χ1v) is 12.7. The highest BCUT2D eigenvalue weighted by Crippen LogP contribution is 2.45. The molecule has 33 heavy (non-hydrogen) atoms. The van der Waals surface area contributed by atoms with Crippen molar-refractivity contribution in [3.8, 4) is 5.69 Å². The van der Waals surface area contributed by atoms with Crippen LogP contribution in [0.1, 0.15) is 31.0 Å². The van der Waals surface area contributed by atoms with Gasteiger partial charge in [0.05, 0.1) is 29.1 Å². The molecule has 1 aromatic carbocycles. The Kier molecular flexibility index (Phi) is 5.80. The van der Waals surface area contributed by atoms with E-state index in [1.165, 1.54) is 23.9 Å². The van der Waals surface area contributed by atoms with E-state index >= 15 is 0 Å². The number of aliphatic imine (C=N–C) groups is 1. The predicted octanol–water partition coefficient (Wildman–Crippen LogP) is 3.37. The Balaban J connectivity index is 1.50. The number of benzene rings is 1. The van der Waals surface area contributed by atoms with Crippen LogP contribution in [0.3, 0.4) is 0 Å². The number of piperidine rings is 1. The fourth-order valence-corrected chi connectivity index (χ4v) is 6.51. The molecule has 0 saturated carbocycles. The van der Waals surface area contributed by atoms with Crippen molar-refractivity contribution in [2.24, 2.45) is 10.4 Å². The number of allylic oxidation sites excluding steroid dienone is 1. The van der Waals surface area contributed by atoms with Gasteiger partial charge in [-0.2, -0.15) is 9.40 Å². The van der Waals surface area contributed by atoms with E-state index in [-0.39, 0.29) is 10.7 Å². The lowest BCUT2D eigenvalue weighted by Gasteiger charge is -2.46. The smallest absolute Gasteiger partial charge is 0.244 e. The highest BCUT2D eigenvalue weighted by Gasteiger charge is 2.46. The summed E-state index contributed by atoms with van der Waals surface area (Å²) in [5, 5.41) is 4.56. The van der Waals surface area contributed by atoms with Crippen LogP contribution in [0.25, 0.3) is 11.8 Å². The number of nitrogens with zero attached hydrogens (tertiary/aromatic N) is 4. The summed E-state index contributed by atoms with van der Waals surface area (Å²) in [5.74, 6) is -0.291. The van der Waals surface area contributed by atoms with Crippen molar-refractivity contribution >= 4 is 22.3 Å².